The molecule has 1 amide bonds. The summed E-state index contributed by atoms with van der Waals surface area (Å²) in [5.41, 5.74) is 1.77. The van der Waals surface area contributed by atoms with Crippen molar-refractivity contribution < 1.29 is 14.3 Å². The van der Waals surface area contributed by atoms with Gasteiger partial charge in [0, 0.05) is 37.8 Å². The van der Waals surface area contributed by atoms with E-state index >= 15 is 0 Å². The average Bonchev–Trinajstić information content (AvgIpc) is 2.85. The highest BCUT2D eigenvalue weighted by Gasteiger charge is 2.29. The van der Waals surface area contributed by atoms with E-state index in [-0.39, 0.29) is 30.1 Å². The lowest BCUT2D eigenvalue weighted by molar-refractivity contribution is -0.113. The van der Waals surface area contributed by atoms with Crippen molar-refractivity contribution in [2.45, 2.75) is 55.6 Å². The van der Waals surface area contributed by atoms with Crippen LogP contribution in [0.5, 0.6) is 0 Å². The molecule has 4 N–H and O–H groups in total. The quantitative estimate of drug-likeness (QED) is 0.393. The van der Waals surface area contributed by atoms with Gasteiger partial charge in [-0.15, -0.1) is 0 Å². The van der Waals surface area contributed by atoms with Crippen LogP contribution >= 0.6 is 11.8 Å². The first-order valence-corrected chi connectivity index (χ1v) is 12.4. The number of anilines is 1. The summed E-state index contributed by atoms with van der Waals surface area (Å²) in [5.74, 6) is 0.333. The van der Waals surface area contributed by atoms with Crippen LogP contribution in [0.4, 0.5) is 10.2 Å². The average molecular weight is 500 g/mol. The van der Waals surface area contributed by atoms with Crippen molar-refractivity contribution in [3.05, 3.63) is 52.0 Å². The number of hydrogen-bond donors (Lipinski definition) is 4. The van der Waals surface area contributed by atoms with Crippen LogP contribution < -0.4 is 21.5 Å². The minimum atomic E-state index is -0.619. The predicted molar refractivity (Wildman–Crippen MR) is 129 cm³/mol. The number of aromatic nitrogens is 4. The number of benzene rings is 1. The highest BCUT2D eigenvalue weighted by atomic mass is 32.2. The maximum Gasteiger partial charge on any atom is 0.269 e. The molecule has 2 aromatic heterocycles. The van der Waals surface area contributed by atoms with Crippen LogP contribution in [0.15, 0.2) is 34.3 Å². The van der Waals surface area contributed by atoms with Gasteiger partial charge in [0.25, 0.3) is 5.56 Å². The Bertz CT molecular complexity index is 1330. The molecule has 1 fully saturated rings. The molecule has 35 heavy (non-hydrogen) atoms. The van der Waals surface area contributed by atoms with Crippen molar-refractivity contribution in [2.24, 2.45) is 7.05 Å². The molecule has 1 saturated carbocycles. The fourth-order valence-electron chi connectivity index (χ4n) is 4.61. The van der Waals surface area contributed by atoms with E-state index in [9.17, 15) is 19.1 Å². The molecule has 3 heterocycles. The fourth-order valence-corrected chi connectivity index (χ4v) is 5.31. The molecule has 1 aromatic carbocycles. The number of hydrogen-bond acceptors (Lipinski definition) is 9. The van der Waals surface area contributed by atoms with E-state index in [0.717, 1.165) is 6.42 Å². The normalized spacial score (nSPS) is 22.1. The Morgan fingerprint density at radius 1 is 1.20 bits per heavy atom. The monoisotopic (exact) mass is 499 g/mol. The van der Waals surface area contributed by atoms with Crippen LogP contribution in [-0.2, 0) is 24.9 Å². The van der Waals surface area contributed by atoms with Gasteiger partial charge in [-0.1, -0.05) is 11.8 Å². The van der Waals surface area contributed by atoms with Gasteiger partial charge in [-0.3, -0.25) is 9.59 Å². The first-order chi connectivity index (χ1) is 16.9. The summed E-state index contributed by atoms with van der Waals surface area (Å²) in [7, 11) is 1.60. The minimum absolute atomic E-state index is 0.0854. The number of fused-ring (bicyclic) bond motifs is 2. The molecule has 1 aliphatic carbocycles. The number of aliphatic hydroxyl groups is 1. The number of halogens is 1. The number of thioether (sulfide) groups is 1. The number of nitrogens with one attached hydrogen (secondary N) is 3. The van der Waals surface area contributed by atoms with Crippen LogP contribution in [0.3, 0.4) is 0 Å². The van der Waals surface area contributed by atoms with E-state index in [1.54, 1.807) is 19.3 Å². The molecule has 3 atom stereocenters. The van der Waals surface area contributed by atoms with E-state index in [0.29, 0.717) is 58.3 Å². The summed E-state index contributed by atoms with van der Waals surface area (Å²) in [4.78, 5) is 36.6. The summed E-state index contributed by atoms with van der Waals surface area (Å²) in [6.07, 6.45) is 4.34. The van der Waals surface area contributed by atoms with Gasteiger partial charge in [0.05, 0.1) is 41.0 Å². The third-order valence-electron chi connectivity index (χ3n) is 6.50. The maximum absolute atomic E-state index is 14.6. The number of aryl methyl sites for hydroxylation is 1. The molecule has 2 aliphatic rings. The van der Waals surface area contributed by atoms with Crippen molar-refractivity contribution in [3.63, 3.8) is 0 Å². The smallest absolute Gasteiger partial charge is 0.269 e. The number of nitrogens with zero attached hydrogens (tertiary/aromatic N) is 4. The Kier molecular flexibility index (Phi) is 6.78. The lowest BCUT2D eigenvalue weighted by atomic mass is 9.88. The molecule has 0 bridgehead atoms. The summed E-state index contributed by atoms with van der Waals surface area (Å²) in [5, 5.41) is 20.9. The molecular formula is C23H26FN7O3S. The molecule has 10 nitrogen and oxygen atoms in total. The van der Waals surface area contributed by atoms with Crippen LogP contribution in [0.1, 0.15) is 30.5 Å². The molecule has 0 spiro atoms. The Labute approximate surface area is 204 Å². The number of rotatable bonds is 6. The summed E-state index contributed by atoms with van der Waals surface area (Å²) < 4.78 is 16.0. The number of carbonyl (C=O) groups is 1. The fraction of sp³-hybridized carbons (Fsp3) is 0.435. The Morgan fingerprint density at radius 3 is 2.89 bits per heavy atom. The molecular weight excluding hydrogens is 473 g/mol. The molecule has 184 valence electrons. The zero-order valence-electron chi connectivity index (χ0n) is 19.1. The molecule has 0 saturated heterocycles. The van der Waals surface area contributed by atoms with E-state index in [2.05, 4.69) is 30.9 Å². The third-order valence-corrected chi connectivity index (χ3v) is 7.48. The van der Waals surface area contributed by atoms with Gasteiger partial charge >= 0.3 is 0 Å². The summed E-state index contributed by atoms with van der Waals surface area (Å²) >= 11 is 1.37. The largest absolute Gasteiger partial charge is 0.391 e. The van der Waals surface area contributed by atoms with Gasteiger partial charge in [0.15, 0.2) is 5.82 Å². The zero-order chi connectivity index (χ0) is 24.5. The van der Waals surface area contributed by atoms with Gasteiger partial charge in [-0.25, -0.2) is 19.3 Å². The minimum Gasteiger partial charge on any atom is -0.391 e. The van der Waals surface area contributed by atoms with Crippen molar-refractivity contribution in [2.75, 3.05) is 11.1 Å². The Balaban J connectivity index is 1.18. The summed E-state index contributed by atoms with van der Waals surface area (Å²) in [6, 6.07) is 2.79. The van der Waals surface area contributed by atoms with Crippen molar-refractivity contribution in [1.29, 1.82) is 0 Å². The lowest BCUT2D eigenvalue weighted by Crippen LogP contribution is -2.48. The molecule has 0 radical (unpaired) electrons. The number of aliphatic hydroxyl groups excluding tert-OH is 1. The highest BCUT2D eigenvalue weighted by Crippen LogP contribution is 2.27. The second kappa shape index (κ2) is 9.97. The lowest BCUT2D eigenvalue weighted by Gasteiger charge is -2.34. The predicted octanol–water partition coefficient (Wildman–Crippen LogP) is 1.07. The zero-order valence-corrected chi connectivity index (χ0v) is 19.9. The van der Waals surface area contributed by atoms with Gasteiger partial charge in [0.2, 0.25) is 5.91 Å². The molecule has 5 rings (SSSR count). The molecule has 3 aromatic rings. The maximum atomic E-state index is 14.6. The standard InChI is InChI=1S/C23H26FN7O3S/c1-31-20(34)10-27-17-5-3-15(24)14(21(17)31)9-26-16-4-2-12(6-18(16)32)25-7-13-8-28-23-22(29-13)30-19(33)11-35-23/h3,5,8,10,12,16,18,25-26,32H,2,4,6-7,9,11H2,1H3,(H,29,30,33)/t12-,16-,18+/m0/s1. The van der Waals surface area contributed by atoms with Crippen molar-refractivity contribution in [1.82, 2.24) is 30.2 Å². The first-order valence-electron chi connectivity index (χ1n) is 11.5. The van der Waals surface area contributed by atoms with E-state index in [1.807, 2.05) is 0 Å². The van der Waals surface area contributed by atoms with Gasteiger partial charge in [-0.2, -0.15) is 0 Å². The van der Waals surface area contributed by atoms with Crippen LogP contribution in [-0.4, -0.2) is 54.5 Å². The first kappa shape index (κ1) is 23.8. The highest BCUT2D eigenvalue weighted by molar-refractivity contribution is 8.00. The molecule has 12 heteroatoms. The topological polar surface area (TPSA) is 134 Å². The molecule has 0 unspecified atom stereocenters. The van der Waals surface area contributed by atoms with Crippen LogP contribution in [0, 0.1) is 5.82 Å². The molecule has 1 aliphatic heterocycles. The number of amides is 1. The van der Waals surface area contributed by atoms with Crippen molar-refractivity contribution >= 4 is 34.5 Å². The van der Waals surface area contributed by atoms with Crippen LogP contribution in [0.2, 0.25) is 0 Å². The second-order valence-electron chi connectivity index (χ2n) is 8.85. The Hall–Kier alpha value is -2.93. The van der Waals surface area contributed by atoms with Crippen LogP contribution in [0.25, 0.3) is 11.0 Å². The van der Waals surface area contributed by atoms with E-state index in [1.165, 1.54) is 28.6 Å². The van der Waals surface area contributed by atoms with Gasteiger partial charge in [0.1, 0.15) is 10.8 Å². The Morgan fingerprint density at radius 2 is 2.06 bits per heavy atom. The van der Waals surface area contributed by atoms with Gasteiger partial charge in [-0.05, 0) is 31.4 Å². The van der Waals surface area contributed by atoms with E-state index < -0.39 is 11.9 Å². The third kappa shape index (κ3) is 5.06. The van der Waals surface area contributed by atoms with Gasteiger partial charge < -0.3 is 25.6 Å². The van der Waals surface area contributed by atoms with Crippen molar-refractivity contribution in [3.8, 4) is 0 Å². The second-order valence-corrected chi connectivity index (χ2v) is 9.81. The summed E-state index contributed by atoms with van der Waals surface area (Å²) in [6.45, 7) is 0.648. The number of carbonyl (C=O) groups excluding carboxylic acids is 1. The van der Waals surface area contributed by atoms with E-state index in [4.69, 9.17) is 0 Å². The SMILES string of the molecule is Cn1c(=O)cnc2ccc(F)c(CN[C@H]3CC[C@H](NCc4cnc5c(n4)NC(=O)CS5)C[C@H]3O)c21.